The van der Waals surface area contributed by atoms with Gasteiger partial charge in [-0.2, -0.15) is 0 Å². The fourth-order valence-electron chi connectivity index (χ4n) is 2.39. The lowest BCUT2D eigenvalue weighted by molar-refractivity contribution is -0.146. The Labute approximate surface area is 110 Å². The van der Waals surface area contributed by atoms with Crippen molar-refractivity contribution in [2.24, 2.45) is 0 Å². The second-order valence-electron chi connectivity index (χ2n) is 5.10. The van der Waals surface area contributed by atoms with Crippen molar-refractivity contribution in [1.29, 1.82) is 0 Å². The van der Waals surface area contributed by atoms with Crippen molar-refractivity contribution in [2.45, 2.75) is 64.8 Å². The second-order valence-corrected chi connectivity index (χ2v) is 5.10. The summed E-state index contributed by atoms with van der Waals surface area (Å²) in [4.78, 5) is 25.6. The summed E-state index contributed by atoms with van der Waals surface area (Å²) in [5, 5.41) is 2.86. The minimum Gasteiger partial charge on any atom is -0.345 e. The molecule has 0 radical (unpaired) electrons. The molecule has 0 atom stereocenters. The molecule has 0 aromatic heterocycles. The fourth-order valence-corrected chi connectivity index (χ4v) is 2.39. The molecule has 104 valence electrons. The molecule has 2 amide bonds. The summed E-state index contributed by atoms with van der Waals surface area (Å²) < 4.78 is 0. The van der Waals surface area contributed by atoms with E-state index in [0.717, 1.165) is 44.9 Å². The standard InChI is InChI=1S/C14H26N2O2/c1-3-5-11-16(10-4-2)14(18)13(17)15-12-8-6-7-9-12/h12H,3-11H2,1-2H3,(H,15,17). The number of unbranched alkanes of at least 4 members (excludes halogenated alkanes) is 1. The molecule has 4 heteroatoms. The molecule has 1 N–H and O–H groups in total. The van der Waals surface area contributed by atoms with E-state index in [2.05, 4.69) is 12.2 Å². The van der Waals surface area contributed by atoms with Crippen LogP contribution < -0.4 is 5.32 Å². The van der Waals surface area contributed by atoms with Crippen LogP contribution in [0.15, 0.2) is 0 Å². The van der Waals surface area contributed by atoms with Gasteiger partial charge in [0, 0.05) is 19.1 Å². The van der Waals surface area contributed by atoms with Gasteiger partial charge < -0.3 is 10.2 Å². The zero-order valence-electron chi connectivity index (χ0n) is 11.7. The van der Waals surface area contributed by atoms with Gasteiger partial charge in [0.15, 0.2) is 0 Å². The molecule has 1 aliphatic rings. The molecule has 1 fully saturated rings. The number of hydrogen-bond donors (Lipinski definition) is 1. The van der Waals surface area contributed by atoms with Gasteiger partial charge in [-0.25, -0.2) is 0 Å². The first-order valence-electron chi connectivity index (χ1n) is 7.28. The Morgan fingerprint density at radius 1 is 1.11 bits per heavy atom. The molecule has 1 rings (SSSR count). The quantitative estimate of drug-likeness (QED) is 0.738. The number of amides is 2. The van der Waals surface area contributed by atoms with Gasteiger partial charge in [0.05, 0.1) is 0 Å². The van der Waals surface area contributed by atoms with E-state index in [1.807, 2.05) is 6.92 Å². The topological polar surface area (TPSA) is 49.4 Å². The lowest BCUT2D eigenvalue weighted by Gasteiger charge is -2.22. The first kappa shape index (κ1) is 15.0. The maximum Gasteiger partial charge on any atom is 0.311 e. The van der Waals surface area contributed by atoms with Gasteiger partial charge in [-0.3, -0.25) is 9.59 Å². The summed E-state index contributed by atoms with van der Waals surface area (Å²) in [7, 11) is 0. The highest BCUT2D eigenvalue weighted by Gasteiger charge is 2.24. The summed E-state index contributed by atoms with van der Waals surface area (Å²) in [6, 6.07) is 0.219. The smallest absolute Gasteiger partial charge is 0.311 e. The number of carbonyl (C=O) groups is 2. The largest absolute Gasteiger partial charge is 0.345 e. The first-order chi connectivity index (χ1) is 8.69. The van der Waals surface area contributed by atoms with E-state index in [0.29, 0.717) is 13.1 Å². The van der Waals surface area contributed by atoms with Crippen molar-refractivity contribution in [3.8, 4) is 0 Å². The van der Waals surface area contributed by atoms with Gasteiger partial charge in [0.1, 0.15) is 0 Å². The van der Waals surface area contributed by atoms with Gasteiger partial charge >= 0.3 is 11.8 Å². The average Bonchev–Trinajstić information content (AvgIpc) is 2.86. The highest BCUT2D eigenvalue weighted by molar-refractivity contribution is 6.35. The van der Waals surface area contributed by atoms with Gasteiger partial charge in [0.25, 0.3) is 0 Å². The van der Waals surface area contributed by atoms with E-state index in [-0.39, 0.29) is 11.9 Å². The second kappa shape index (κ2) is 8.11. The van der Waals surface area contributed by atoms with Crippen molar-refractivity contribution in [3.05, 3.63) is 0 Å². The molecule has 0 aromatic carbocycles. The maximum absolute atomic E-state index is 12.0. The van der Waals surface area contributed by atoms with Crippen LogP contribution in [0.1, 0.15) is 58.8 Å². The average molecular weight is 254 g/mol. The van der Waals surface area contributed by atoms with Crippen LogP contribution in [0.25, 0.3) is 0 Å². The van der Waals surface area contributed by atoms with Crippen molar-refractivity contribution in [2.75, 3.05) is 13.1 Å². The minimum atomic E-state index is -0.411. The first-order valence-corrected chi connectivity index (χ1v) is 7.28. The summed E-state index contributed by atoms with van der Waals surface area (Å²) in [5.74, 6) is -0.761. The van der Waals surface area contributed by atoms with Gasteiger partial charge in [-0.15, -0.1) is 0 Å². The SMILES string of the molecule is CCCCN(CCC)C(=O)C(=O)NC1CCCC1. The van der Waals surface area contributed by atoms with Crippen LogP contribution in [0.5, 0.6) is 0 Å². The summed E-state index contributed by atoms with van der Waals surface area (Å²) in [6.45, 7) is 5.49. The van der Waals surface area contributed by atoms with Crippen molar-refractivity contribution < 1.29 is 9.59 Å². The molecule has 18 heavy (non-hydrogen) atoms. The molecule has 0 bridgehead atoms. The number of nitrogens with zero attached hydrogens (tertiary/aromatic N) is 1. The molecule has 1 saturated carbocycles. The molecule has 0 unspecified atom stereocenters. The van der Waals surface area contributed by atoms with E-state index in [1.165, 1.54) is 0 Å². The van der Waals surface area contributed by atoms with Crippen LogP contribution in [0.2, 0.25) is 0 Å². The summed E-state index contributed by atoms with van der Waals surface area (Å²) >= 11 is 0. The fraction of sp³-hybridized carbons (Fsp3) is 0.857. The van der Waals surface area contributed by atoms with Gasteiger partial charge in [0.2, 0.25) is 0 Å². The third-order valence-corrected chi connectivity index (χ3v) is 3.45. The number of carbonyl (C=O) groups excluding carboxylic acids is 2. The number of rotatable bonds is 6. The zero-order chi connectivity index (χ0) is 13.4. The third kappa shape index (κ3) is 4.67. The summed E-state index contributed by atoms with van der Waals surface area (Å²) in [6.07, 6.45) is 7.25. The molecular weight excluding hydrogens is 228 g/mol. The van der Waals surface area contributed by atoms with E-state index in [1.54, 1.807) is 4.90 Å². The Kier molecular flexibility index (Phi) is 6.76. The maximum atomic E-state index is 12.0. The van der Waals surface area contributed by atoms with Crippen LogP contribution in [-0.2, 0) is 9.59 Å². The Balaban J connectivity index is 2.43. The molecule has 4 nitrogen and oxygen atoms in total. The van der Waals surface area contributed by atoms with Crippen LogP contribution in [0.4, 0.5) is 0 Å². The molecule has 0 spiro atoms. The molecule has 0 heterocycles. The van der Waals surface area contributed by atoms with Crippen molar-refractivity contribution in [1.82, 2.24) is 10.2 Å². The highest BCUT2D eigenvalue weighted by atomic mass is 16.2. The van der Waals surface area contributed by atoms with Crippen molar-refractivity contribution in [3.63, 3.8) is 0 Å². The minimum absolute atomic E-state index is 0.219. The normalized spacial score (nSPS) is 15.7. The highest BCUT2D eigenvalue weighted by Crippen LogP contribution is 2.17. The summed E-state index contributed by atoms with van der Waals surface area (Å²) in [5.41, 5.74) is 0. The molecule has 0 aromatic rings. The molecule has 0 aliphatic heterocycles. The predicted octanol–water partition coefficient (Wildman–Crippen LogP) is 2.08. The zero-order valence-corrected chi connectivity index (χ0v) is 11.7. The van der Waals surface area contributed by atoms with Gasteiger partial charge in [-0.1, -0.05) is 33.1 Å². The van der Waals surface area contributed by atoms with E-state index >= 15 is 0 Å². The van der Waals surface area contributed by atoms with Gasteiger partial charge in [-0.05, 0) is 25.7 Å². The third-order valence-electron chi connectivity index (χ3n) is 3.45. The molecule has 1 aliphatic carbocycles. The van der Waals surface area contributed by atoms with Crippen LogP contribution in [-0.4, -0.2) is 35.8 Å². The number of nitrogens with one attached hydrogen (secondary N) is 1. The van der Waals surface area contributed by atoms with E-state index in [9.17, 15) is 9.59 Å². The Bertz CT molecular complexity index is 273. The number of hydrogen-bond acceptors (Lipinski definition) is 2. The lowest BCUT2D eigenvalue weighted by atomic mass is 10.2. The van der Waals surface area contributed by atoms with E-state index < -0.39 is 5.91 Å². The van der Waals surface area contributed by atoms with Crippen LogP contribution >= 0.6 is 0 Å². The molecule has 0 saturated heterocycles. The predicted molar refractivity (Wildman–Crippen MR) is 72.2 cm³/mol. The Morgan fingerprint density at radius 2 is 1.78 bits per heavy atom. The van der Waals surface area contributed by atoms with Crippen molar-refractivity contribution >= 4 is 11.8 Å². The Hall–Kier alpha value is -1.06. The van der Waals surface area contributed by atoms with Crippen LogP contribution in [0, 0.1) is 0 Å². The monoisotopic (exact) mass is 254 g/mol. The lowest BCUT2D eigenvalue weighted by Crippen LogP contribution is -2.46. The van der Waals surface area contributed by atoms with E-state index in [4.69, 9.17) is 0 Å². The Morgan fingerprint density at radius 3 is 2.33 bits per heavy atom. The van der Waals surface area contributed by atoms with Crippen LogP contribution in [0.3, 0.4) is 0 Å². The molecular formula is C14H26N2O2.